The van der Waals surface area contributed by atoms with Crippen LogP contribution < -0.4 is 21.7 Å². The number of nitrogens with zero attached hydrogens (tertiary/aromatic N) is 3. The Morgan fingerprint density at radius 2 is 2.05 bits per heavy atom. The lowest BCUT2D eigenvalue weighted by Crippen LogP contribution is -2.58. The highest BCUT2D eigenvalue weighted by Gasteiger charge is 2.44. The number of aromatic nitrogens is 2. The van der Waals surface area contributed by atoms with Crippen molar-refractivity contribution in [1.82, 2.24) is 25.5 Å². The summed E-state index contributed by atoms with van der Waals surface area (Å²) in [6, 6.07) is 7.67. The van der Waals surface area contributed by atoms with E-state index in [1.54, 1.807) is 17.8 Å². The molecule has 4 rings (SSSR count). The van der Waals surface area contributed by atoms with Crippen LogP contribution in [-0.2, 0) is 16.0 Å². The zero-order valence-electron chi connectivity index (χ0n) is 20.5. The van der Waals surface area contributed by atoms with Gasteiger partial charge in [-0.3, -0.25) is 19.4 Å². The average molecular weight is 554 g/mol. The number of benzene rings is 1. The molecule has 1 aromatic carbocycles. The van der Waals surface area contributed by atoms with E-state index in [2.05, 4.69) is 25.9 Å². The first-order valence-electron chi connectivity index (χ1n) is 11.8. The number of hydrogen-bond acceptors (Lipinski definition) is 8. The van der Waals surface area contributed by atoms with Crippen LogP contribution in [0.1, 0.15) is 21.8 Å². The molecule has 5 amide bonds. The van der Waals surface area contributed by atoms with E-state index < -0.39 is 41.9 Å². The largest absolute Gasteiger partial charge is 0.368 e. The number of thioether (sulfide) groups is 1. The third-order valence-electron chi connectivity index (χ3n) is 6.00. The number of thiophene rings is 1. The lowest BCUT2D eigenvalue weighted by molar-refractivity contribution is -0.130. The first-order valence-corrected chi connectivity index (χ1v) is 13.9. The van der Waals surface area contributed by atoms with Gasteiger partial charge in [0.05, 0.1) is 12.2 Å². The van der Waals surface area contributed by atoms with E-state index >= 15 is 0 Å². The Morgan fingerprint density at radius 3 is 2.74 bits per heavy atom. The lowest BCUT2D eigenvalue weighted by Gasteiger charge is -2.29. The Hall–Kier alpha value is -3.97. The number of likely N-dealkylation sites (tertiary alicyclic amines) is 1. The molecule has 38 heavy (non-hydrogen) atoms. The van der Waals surface area contributed by atoms with Crippen LogP contribution >= 0.6 is 23.1 Å². The van der Waals surface area contributed by atoms with Crippen LogP contribution in [0.5, 0.6) is 0 Å². The van der Waals surface area contributed by atoms with Gasteiger partial charge in [-0.15, -0.1) is 23.1 Å². The summed E-state index contributed by atoms with van der Waals surface area (Å²) >= 11 is 2.98. The van der Waals surface area contributed by atoms with Crippen molar-refractivity contribution >= 4 is 52.5 Å². The van der Waals surface area contributed by atoms with Crippen LogP contribution in [0.15, 0.2) is 65.3 Å². The fourth-order valence-corrected chi connectivity index (χ4v) is 5.41. The monoisotopic (exact) mass is 553 g/mol. The molecule has 0 spiro atoms. The lowest BCUT2D eigenvalue weighted by atomic mass is 10.1. The minimum absolute atomic E-state index is 0.0642. The number of nitrogens with two attached hydrogens (primary N) is 1. The van der Waals surface area contributed by atoms with Crippen molar-refractivity contribution in [1.29, 1.82) is 0 Å². The van der Waals surface area contributed by atoms with Crippen LogP contribution in [0.4, 0.5) is 10.5 Å². The fourth-order valence-electron chi connectivity index (χ4n) is 4.20. The van der Waals surface area contributed by atoms with E-state index in [-0.39, 0.29) is 18.7 Å². The molecule has 1 saturated heterocycles. The SMILES string of the molecule is CSc1cccc(NC(=O)NC2CCN(C(=O)c3cnccn3)C2C(=O)NC(Cc2cccs2)C(N)=O)c1. The zero-order valence-corrected chi connectivity index (χ0v) is 22.1. The van der Waals surface area contributed by atoms with Gasteiger partial charge in [0.1, 0.15) is 17.8 Å². The summed E-state index contributed by atoms with van der Waals surface area (Å²) in [6.45, 7) is 0.187. The summed E-state index contributed by atoms with van der Waals surface area (Å²) in [5, 5.41) is 10.1. The molecule has 11 nitrogen and oxygen atoms in total. The summed E-state index contributed by atoms with van der Waals surface area (Å²) in [5.41, 5.74) is 6.23. The van der Waals surface area contributed by atoms with Crippen molar-refractivity contribution in [3.05, 3.63) is 70.9 Å². The molecule has 0 aliphatic carbocycles. The summed E-state index contributed by atoms with van der Waals surface area (Å²) in [5.74, 6) is -1.81. The highest BCUT2D eigenvalue weighted by molar-refractivity contribution is 7.98. The van der Waals surface area contributed by atoms with Crippen molar-refractivity contribution in [3.8, 4) is 0 Å². The maximum absolute atomic E-state index is 13.5. The van der Waals surface area contributed by atoms with E-state index in [0.29, 0.717) is 12.1 Å². The minimum Gasteiger partial charge on any atom is -0.368 e. The molecular formula is C25H27N7O4S2. The Labute approximate surface area is 227 Å². The quantitative estimate of drug-likeness (QED) is 0.294. The number of urea groups is 1. The van der Waals surface area contributed by atoms with Gasteiger partial charge < -0.3 is 26.6 Å². The van der Waals surface area contributed by atoms with Gasteiger partial charge in [0.25, 0.3) is 5.91 Å². The van der Waals surface area contributed by atoms with Crippen LogP contribution in [0.25, 0.3) is 0 Å². The number of carbonyl (C=O) groups excluding carboxylic acids is 4. The molecule has 0 saturated carbocycles. The van der Waals surface area contributed by atoms with Crippen LogP contribution in [0.2, 0.25) is 0 Å². The Balaban J connectivity index is 1.53. The number of rotatable bonds is 9. The third-order valence-corrected chi connectivity index (χ3v) is 7.62. The van der Waals surface area contributed by atoms with Gasteiger partial charge in [-0.25, -0.2) is 9.78 Å². The standard InChI is InChI=1S/C25H27N7O4S2/c1-37-16-5-2-4-15(12-16)29-25(36)31-18-7-10-32(24(35)20-14-27-8-9-28-20)21(18)23(34)30-19(22(26)33)13-17-6-3-11-38-17/h2-6,8-9,11-12,14,18-19,21H,7,10,13H2,1H3,(H2,26,33)(H,30,34)(H2,29,31,36). The number of primary amides is 1. The molecule has 0 radical (unpaired) electrons. The first kappa shape index (κ1) is 27.1. The summed E-state index contributed by atoms with van der Waals surface area (Å²) in [4.78, 5) is 63.0. The van der Waals surface area contributed by atoms with Crippen molar-refractivity contribution in [2.24, 2.45) is 5.73 Å². The summed E-state index contributed by atoms with van der Waals surface area (Å²) in [7, 11) is 0. The van der Waals surface area contributed by atoms with E-state index in [4.69, 9.17) is 5.73 Å². The molecule has 2 aromatic heterocycles. The highest BCUT2D eigenvalue weighted by atomic mass is 32.2. The van der Waals surface area contributed by atoms with Gasteiger partial charge in [0.2, 0.25) is 11.8 Å². The summed E-state index contributed by atoms with van der Waals surface area (Å²) in [6.07, 6.45) is 6.60. The molecule has 1 fully saturated rings. The summed E-state index contributed by atoms with van der Waals surface area (Å²) < 4.78 is 0. The zero-order chi connectivity index (χ0) is 27.1. The molecule has 3 atom stereocenters. The highest BCUT2D eigenvalue weighted by Crippen LogP contribution is 2.23. The molecule has 5 N–H and O–H groups in total. The second-order valence-electron chi connectivity index (χ2n) is 8.51. The molecule has 3 heterocycles. The van der Waals surface area contributed by atoms with Crippen molar-refractivity contribution in [2.45, 2.75) is 35.9 Å². The minimum atomic E-state index is -1.10. The fraction of sp³-hybridized carbons (Fsp3) is 0.280. The molecule has 3 unspecified atom stereocenters. The average Bonchev–Trinajstić information content (AvgIpc) is 3.58. The van der Waals surface area contributed by atoms with E-state index in [1.807, 2.05) is 42.0 Å². The van der Waals surface area contributed by atoms with Gasteiger partial charge in [-0.05, 0) is 42.3 Å². The molecule has 1 aliphatic rings. The number of hydrogen-bond donors (Lipinski definition) is 4. The van der Waals surface area contributed by atoms with E-state index in [9.17, 15) is 19.2 Å². The van der Waals surface area contributed by atoms with E-state index in [1.165, 1.54) is 34.8 Å². The second-order valence-corrected chi connectivity index (χ2v) is 10.4. The molecule has 3 aromatic rings. The Bertz CT molecular complexity index is 1290. The molecular weight excluding hydrogens is 526 g/mol. The van der Waals surface area contributed by atoms with Crippen LogP contribution in [0.3, 0.4) is 0 Å². The molecule has 0 bridgehead atoms. The predicted octanol–water partition coefficient (Wildman–Crippen LogP) is 1.88. The van der Waals surface area contributed by atoms with Crippen molar-refractivity contribution < 1.29 is 19.2 Å². The van der Waals surface area contributed by atoms with Gasteiger partial charge in [0, 0.05) is 40.8 Å². The van der Waals surface area contributed by atoms with Crippen LogP contribution in [0, 0.1) is 0 Å². The maximum Gasteiger partial charge on any atom is 0.319 e. The smallest absolute Gasteiger partial charge is 0.319 e. The predicted molar refractivity (Wildman–Crippen MR) is 145 cm³/mol. The van der Waals surface area contributed by atoms with Gasteiger partial charge in [-0.2, -0.15) is 0 Å². The van der Waals surface area contributed by atoms with Crippen LogP contribution in [-0.4, -0.2) is 69.5 Å². The molecule has 13 heteroatoms. The normalized spacial score (nSPS) is 17.4. The molecule has 1 aliphatic heterocycles. The number of amides is 5. The molecule has 198 valence electrons. The Kier molecular flexibility index (Phi) is 8.92. The van der Waals surface area contributed by atoms with Crippen molar-refractivity contribution in [2.75, 3.05) is 18.1 Å². The number of carbonyl (C=O) groups is 4. The van der Waals surface area contributed by atoms with Gasteiger partial charge in [0.15, 0.2) is 0 Å². The number of nitrogens with one attached hydrogen (secondary N) is 3. The van der Waals surface area contributed by atoms with Gasteiger partial charge in [-0.1, -0.05) is 12.1 Å². The number of anilines is 1. The maximum atomic E-state index is 13.5. The third kappa shape index (κ3) is 6.66. The topological polar surface area (TPSA) is 159 Å². The first-order chi connectivity index (χ1) is 18.4. The second kappa shape index (κ2) is 12.5. The van der Waals surface area contributed by atoms with E-state index in [0.717, 1.165) is 9.77 Å². The Morgan fingerprint density at radius 1 is 1.21 bits per heavy atom. The van der Waals surface area contributed by atoms with Crippen molar-refractivity contribution in [3.63, 3.8) is 0 Å². The van der Waals surface area contributed by atoms with Gasteiger partial charge >= 0.3 is 6.03 Å².